The minimum Gasteiger partial charge on any atom is -0.481 e. The van der Waals surface area contributed by atoms with Crippen LogP contribution in [0.1, 0.15) is 43.2 Å². The van der Waals surface area contributed by atoms with Crippen LogP contribution in [0.3, 0.4) is 0 Å². The summed E-state index contributed by atoms with van der Waals surface area (Å²) in [6.45, 7) is 10.5. The fourth-order valence-corrected chi connectivity index (χ4v) is 3.73. The molecule has 128 valence electrons. The van der Waals surface area contributed by atoms with E-state index in [2.05, 4.69) is 26.0 Å². The molecule has 24 heavy (non-hydrogen) atoms. The minimum absolute atomic E-state index is 0.134. The van der Waals surface area contributed by atoms with E-state index in [0.717, 1.165) is 23.2 Å². The van der Waals surface area contributed by atoms with Crippen molar-refractivity contribution in [3.63, 3.8) is 0 Å². The smallest absolute Gasteiger partial charge is 0.326 e. The maximum Gasteiger partial charge on any atom is 0.326 e. The van der Waals surface area contributed by atoms with Crippen LogP contribution < -0.4 is 0 Å². The van der Waals surface area contributed by atoms with Gasteiger partial charge in [-0.2, -0.15) is 0 Å². The largest absolute Gasteiger partial charge is 0.481 e. The molecule has 0 amide bonds. The molecule has 0 saturated carbocycles. The number of esters is 1. The summed E-state index contributed by atoms with van der Waals surface area (Å²) in [4.78, 5) is 12.4. The van der Waals surface area contributed by atoms with Gasteiger partial charge in [0, 0.05) is 17.3 Å². The Hall–Kier alpha value is -1.88. The molecule has 0 radical (unpaired) electrons. The Labute approximate surface area is 147 Å². The Balaban J connectivity index is 2.17. The van der Waals surface area contributed by atoms with E-state index < -0.39 is 5.60 Å². The Morgan fingerprint density at radius 3 is 2.71 bits per heavy atom. The van der Waals surface area contributed by atoms with E-state index in [9.17, 15) is 4.79 Å². The Bertz CT molecular complexity index is 843. The number of carbonyl (C=O) groups excluding carboxylic acids is 1. The van der Waals surface area contributed by atoms with Gasteiger partial charge in [0.15, 0.2) is 0 Å². The second kappa shape index (κ2) is 5.88. The molecule has 0 atom stereocenters. The summed E-state index contributed by atoms with van der Waals surface area (Å²) in [5, 5.41) is 1.65. The molecule has 1 aromatic carbocycles. The number of rotatable bonds is 2. The van der Waals surface area contributed by atoms with Crippen LogP contribution in [0.25, 0.3) is 10.9 Å². The third-order valence-electron chi connectivity index (χ3n) is 4.09. The lowest BCUT2D eigenvalue weighted by atomic mass is 10.0. The summed E-state index contributed by atoms with van der Waals surface area (Å²) in [6, 6.07) is 4.27. The molecule has 0 N–H and O–H groups in total. The second-order valence-electron chi connectivity index (χ2n) is 7.36. The number of thiocarbonyl (C=S) groups is 1. The Morgan fingerprint density at radius 1 is 1.33 bits per heavy atom. The predicted octanol–water partition coefficient (Wildman–Crippen LogP) is 3.85. The summed E-state index contributed by atoms with van der Waals surface area (Å²) in [5.41, 5.74) is 4.91. The van der Waals surface area contributed by atoms with Gasteiger partial charge in [0.25, 0.3) is 0 Å². The lowest BCUT2D eigenvalue weighted by Crippen LogP contribution is -2.28. The first kappa shape index (κ1) is 17.0. The highest BCUT2D eigenvalue weighted by atomic mass is 32.1. The van der Waals surface area contributed by atoms with Crippen LogP contribution in [0.15, 0.2) is 12.1 Å². The highest BCUT2D eigenvalue weighted by molar-refractivity contribution is 7.80. The molecule has 5 heteroatoms. The van der Waals surface area contributed by atoms with Crippen LogP contribution in [0.2, 0.25) is 0 Å². The standard InChI is InChI=1S/C19H23NO3S/c1-11-8-12(2)16-13-6-7-22-18(24)17(13)20(14(16)9-11)10-15(21)23-19(3,4)5/h8-9H,6-7,10H2,1-5H3. The van der Waals surface area contributed by atoms with E-state index in [1.807, 2.05) is 25.3 Å². The van der Waals surface area contributed by atoms with Gasteiger partial charge in [-0.25, -0.2) is 0 Å². The van der Waals surface area contributed by atoms with Gasteiger partial charge in [0.2, 0.25) is 5.05 Å². The first-order valence-corrected chi connectivity index (χ1v) is 8.59. The molecule has 0 fully saturated rings. The monoisotopic (exact) mass is 345 g/mol. The summed E-state index contributed by atoms with van der Waals surface area (Å²) < 4.78 is 13.0. The molecule has 4 nitrogen and oxygen atoms in total. The van der Waals surface area contributed by atoms with Gasteiger partial charge >= 0.3 is 5.97 Å². The Morgan fingerprint density at radius 2 is 2.04 bits per heavy atom. The molecule has 1 aliphatic heterocycles. The topological polar surface area (TPSA) is 40.5 Å². The predicted molar refractivity (Wildman–Crippen MR) is 98.6 cm³/mol. The molecule has 3 rings (SSSR count). The van der Waals surface area contributed by atoms with Crippen LogP contribution in [-0.2, 0) is 27.2 Å². The zero-order valence-electron chi connectivity index (χ0n) is 14.9. The average Bonchev–Trinajstić information content (AvgIpc) is 2.72. The lowest BCUT2D eigenvalue weighted by Gasteiger charge is -2.21. The first-order chi connectivity index (χ1) is 11.2. The molecule has 1 aromatic heterocycles. The van der Waals surface area contributed by atoms with Crippen molar-refractivity contribution in [2.75, 3.05) is 6.61 Å². The number of hydrogen-bond acceptors (Lipinski definition) is 4. The third kappa shape index (κ3) is 3.05. The first-order valence-electron chi connectivity index (χ1n) is 8.18. The number of ether oxygens (including phenoxy) is 2. The van der Waals surface area contributed by atoms with Crippen molar-refractivity contribution < 1.29 is 14.3 Å². The highest BCUT2D eigenvalue weighted by Gasteiger charge is 2.28. The zero-order valence-corrected chi connectivity index (χ0v) is 15.7. The molecule has 1 aliphatic rings. The molecular formula is C19H23NO3S. The quantitative estimate of drug-likeness (QED) is 0.612. The fraction of sp³-hybridized carbons (Fsp3) is 0.474. The zero-order chi connectivity index (χ0) is 17.6. The van der Waals surface area contributed by atoms with Crippen LogP contribution in [0.5, 0.6) is 0 Å². The molecule has 0 spiro atoms. The van der Waals surface area contributed by atoms with Crippen molar-refractivity contribution in [2.24, 2.45) is 0 Å². The van der Waals surface area contributed by atoms with Gasteiger partial charge in [-0.15, -0.1) is 0 Å². The van der Waals surface area contributed by atoms with Gasteiger partial charge in [0.1, 0.15) is 17.8 Å². The van der Waals surface area contributed by atoms with Crippen molar-refractivity contribution in [1.82, 2.24) is 4.57 Å². The number of benzene rings is 1. The van der Waals surface area contributed by atoms with Crippen LogP contribution in [0.4, 0.5) is 0 Å². The van der Waals surface area contributed by atoms with Crippen molar-refractivity contribution in [1.29, 1.82) is 0 Å². The van der Waals surface area contributed by atoms with Crippen molar-refractivity contribution in [3.8, 4) is 0 Å². The van der Waals surface area contributed by atoms with Crippen LogP contribution in [-0.4, -0.2) is 27.8 Å². The van der Waals surface area contributed by atoms with E-state index in [4.69, 9.17) is 21.7 Å². The van der Waals surface area contributed by atoms with Crippen molar-refractivity contribution in [3.05, 3.63) is 34.5 Å². The number of nitrogens with zero attached hydrogens (tertiary/aromatic N) is 1. The molecule has 0 bridgehead atoms. The minimum atomic E-state index is -0.511. The van der Waals surface area contributed by atoms with Gasteiger partial charge < -0.3 is 14.0 Å². The maximum atomic E-state index is 12.4. The number of aromatic nitrogens is 1. The third-order valence-corrected chi connectivity index (χ3v) is 4.40. The molecule has 0 saturated heterocycles. The number of aryl methyl sites for hydroxylation is 2. The molecule has 2 heterocycles. The van der Waals surface area contributed by atoms with E-state index in [0.29, 0.717) is 11.7 Å². The molecule has 0 unspecified atom stereocenters. The summed E-state index contributed by atoms with van der Waals surface area (Å²) in [5.74, 6) is -0.269. The SMILES string of the molecule is Cc1cc(C)c2c3c(n(CC(=O)OC(C)(C)C)c2c1)C(=S)OCC3. The highest BCUT2D eigenvalue weighted by Crippen LogP contribution is 2.33. The van der Waals surface area contributed by atoms with E-state index >= 15 is 0 Å². The fourth-order valence-electron chi connectivity index (χ4n) is 3.41. The molecular weight excluding hydrogens is 322 g/mol. The average molecular weight is 345 g/mol. The number of fused-ring (bicyclic) bond motifs is 3. The molecule has 2 aromatic rings. The van der Waals surface area contributed by atoms with Gasteiger partial charge in [-0.05, 0) is 69.6 Å². The Kier molecular flexibility index (Phi) is 4.16. The lowest BCUT2D eigenvalue weighted by molar-refractivity contribution is -0.155. The molecule has 0 aliphatic carbocycles. The van der Waals surface area contributed by atoms with Gasteiger partial charge in [-0.1, -0.05) is 6.07 Å². The van der Waals surface area contributed by atoms with Crippen LogP contribution >= 0.6 is 12.2 Å². The van der Waals surface area contributed by atoms with Crippen LogP contribution in [0, 0.1) is 13.8 Å². The second-order valence-corrected chi connectivity index (χ2v) is 7.73. The summed E-state index contributed by atoms with van der Waals surface area (Å²) in [6.07, 6.45) is 0.803. The van der Waals surface area contributed by atoms with Gasteiger partial charge in [0.05, 0.1) is 6.61 Å². The number of hydrogen-bond donors (Lipinski definition) is 0. The van der Waals surface area contributed by atoms with E-state index in [1.54, 1.807) is 0 Å². The maximum absolute atomic E-state index is 12.4. The number of carbonyl (C=O) groups is 1. The normalized spacial score (nSPS) is 14.5. The summed E-state index contributed by atoms with van der Waals surface area (Å²) >= 11 is 5.43. The van der Waals surface area contributed by atoms with Gasteiger partial charge in [-0.3, -0.25) is 4.79 Å². The van der Waals surface area contributed by atoms with E-state index in [1.165, 1.54) is 16.5 Å². The van der Waals surface area contributed by atoms with E-state index in [-0.39, 0.29) is 12.5 Å². The van der Waals surface area contributed by atoms with Crippen molar-refractivity contribution in [2.45, 2.75) is 53.2 Å². The summed E-state index contributed by atoms with van der Waals surface area (Å²) in [7, 11) is 0. The van der Waals surface area contributed by atoms with Crippen molar-refractivity contribution >= 4 is 34.1 Å².